The van der Waals surface area contributed by atoms with Crippen LogP contribution in [0.15, 0.2) is 53.5 Å². The van der Waals surface area contributed by atoms with Crippen LogP contribution in [0.4, 0.5) is 5.69 Å². The minimum Gasteiger partial charge on any atom is -0.380 e. The molecule has 2 rings (SSSR count). The summed E-state index contributed by atoms with van der Waals surface area (Å²) in [5.74, 6) is -0.295. The van der Waals surface area contributed by atoms with E-state index >= 15 is 0 Å². The quantitative estimate of drug-likeness (QED) is 0.793. The number of halogens is 1. The Hall–Kier alpha value is -2.15. The van der Waals surface area contributed by atoms with Crippen molar-refractivity contribution in [3.63, 3.8) is 0 Å². The molecule has 24 heavy (non-hydrogen) atoms. The molecule has 1 atom stereocenters. The Labute approximate surface area is 147 Å². The van der Waals surface area contributed by atoms with Gasteiger partial charge in [-0.05, 0) is 17.7 Å². The van der Waals surface area contributed by atoms with E-state index in [2.05, 4.69) is 5.32 Å². The molecule has 1 aromatic heterocycles. The van der Waals surface area contributed by atoms with Gasteiger partial charge in [-0.25, -0.2) is 0 Å². The van der Waals surface area contributed by atoms with E-state index in [0.29, 0.717) is 6.54 Å². The van der Waals surface area contributed by atoms with Crippen LogP contribution >= 0.6 is 12.4 Å². The number of aromatic nitrogens is 1. The van der Waals surface area contributed by atoms with Gasteiger partial charge in [0.25, 0.3) is 5.56 Å². The van der Waals surface area contributed by atoms with E-state index < -0.39 is 0 Å². The molecule has 0 aliphatic carbocycles. The Morgan fingerprint density at radius 2 is 1.96 bits per heavy atom. The molecule has 0 radical (unpaired) electrons. The molecule has 6 nitrogen and oxygen atoms in total. The van der Waals surface area contributed by atoms with Crippen molar-refractivity contribution in [2.45, 2.75) is 19.1 Å². The summed E-state index contributed by atoms with van der Waals surface area (Å²) in [5.41, 5.74) is 6.51. The van der Waals surface area contributed by atoms with Gasteiger partial charge in [0.2, 0.25) is 5.91 Å². The summed E-state index contributed by atoms with van der Waals surface area (Å²) in [4.78, 5) is 24.4. The second-order valence-electron chi connectivity index (χ2n) is 5.19. The minimum atomic E-state index is -0.356. The Bertz CT molecular complexity index is 700. The summed E-state index contributed by atoms with van der Waals surface area (Å²) < 4.78 is 6.63. The molecule has 0 spiro atoms. The highest BCUT2D eigenvalue weighted by atomic mass is 35.5. The Kier molecular flexibility index (Phi) is 8.18. The van der Waals surface area contributed by atoms with Gasteiger partial charge in [-0.1, -0.05) is 30.3 Å². The number of benzene rings is 1. The zero-order chi connectivity index (χ0) is 16.7. The van der Waals surface area contributed by atoms with Gasteiger partial charge >= 0.3 is 0 Å². The summed E-state index contributed by atoms with van der Waals surface area (Å²) in [6.07, 6.45) is 1.45. The summed E-state index contributed by atoms with van der Waals surface area (Å²) >= 11 is 0. The first-order valence-electron chi connectivity index (χ1n) is 7.40. The predicted octanol–water partition coefficient (Wildman–Crippen LogP) is 1.62. The van der Waals surface area contributed by atoms with Crippen molar-refractivity contribution < 1.29 is 9.53 Å². The van der Waals surface area contributed by atoms with Crippen molar-refractivity contribution in [2.75, 3.05) is 19.0 Å². The van der Waals surface area contributed by atoms with Crippen molar-refractivity contribution >= 4 is 24.0 Å². The van der Waals surface area contributed by atoms with E-state index in [4.69, 9.17) is 10.5 Å². The van der Waals surface area contributed by atoms with Gasteiger partial charge in [0, 0.05) is 19.9 Å². The van der Waals surface area contributed by atoms with Crippen molar-refractivity contribution in [1.29, 1.82) is 0 Å². The average molecular weight is 352 g/mol. The Balaban J connectivity index is 0.00000288. The normalized spacial score (nSPS) is 11.4. The second-order valence-corrected chi connectivity index (χ2v) is 5.19. The van der Waals surface area contributed by atoms with Gasteiger partial charge in [-0.2, -0.15) is 0 Å². The van der Waals surface area contributed by atoms with Crippen molar-refractivity contribution in [1.82, 2.24) is 4.57 Å². The molecular weight excluding hydrogens is 330 g/mol. The lowest BCUT2D eigenvalue weighted by Crippen LogP contribution is -2.30. The molecule has 1 heterocycles. The van der Waals surface area contributed by atoms with Crippen LogP contribution in [0, 0.1) is 0 Å². The van der Waals surface area contributed by atoms with Gasteiger partial charge in [0.15, 0.2) is 0 Å². The zero-order valence-electron chi connectivity index (χ0n) is 13.5. The van der Waals surface area contributed by atoms with E-state index in [1.54, 1.807) is 22.9 Å². The fraction of sp³-hybridized carbons (Fsp3) is 0.294. The maximum atomic E-state index is 12.4. The monoisotopic (exact) mass is 351 g/mol. The van der Waals surface area contributed by atoms with Crippen LogP contribution in [0.3, 0.4) is 0 Å². The van der Waals surface area contributed by atoms with Crippen molar-refractivity contribution in [2.24, 2.45) is 5.73 Å². The number of nitrogens with two attached hydrogens (primary N) is 1. The van der Waals surface area contributed by atoms with E-state index in [-0.39, 0.29) is 48.6 Å². The zero-order valence-corrected chi connectivity index (χ0v) is 14.3. The lowest BCUT2D eigenvalue weighted by molar-refractivity contribution is -0.118. The number of methoxy groups -OCH3 is 1. The largest absolute Gasteiger partial charge is 0.380 e. The van der Waals surface area contributed by atoms with E-state index in [0.717, 1.165) is 5.56 Å². The number of hydrogen-bond acceptors (Lipinski definition) is 4. The molecule has 0 aliphatic heterocycles. The molecular formula is C17H22ClN3O3. The number of carbonyl (C=O) groups is 1. The highest BCUT2D eigenvalue weighted by Crippen LogP contribution is 2.05. The van der Waals surface area contributed by atoms with Crippen LogP contribution in [0.5, 0.6) is 0 Å². The van der Waals surface area contributed by atoms with Crippen LogP contribution in [0.25, 0.3) is 0 Å². The maximum absolute atomic E-state index is 12.4. The molecule has 2 aromatic rings. The molecule has 0 bridgehead atoms. The summed E-state index contributed by atoms with van der Waals surface area (Å²) in [7, 11) is 1.50. The van der Waals surface area contributed by atoms with Crippen LogP contribution in [-0.4, -0.2) is 30.2 Å². The number of pyridine rings is 1. The molecule has 0 aliphatic rings. The first-order chi connectivity index (χ1) is 11.1. The van der Waals surface area contributed by atoms with Crippen molar-refractivity contribution in [3.05, 3.63) is 64.6 Å². The fourth-order valence-corrected chi connectivity index (χ4v) is 2.21. The SMILES string of the molecule is COC(CN)CC(=O)Nc1cccn(Cc2ccccc2)c1=O.Cl. The van der Waals surface area contributed by atoms with Crippen LogP contribution in [0.2, 0.25) is 0 Å². The van der Waals surface area contributed by atoms with Gasteiger partial charge in [0.05, 0.1) is 19.1 Å². The van der Waals surface area contributed by atoms with E-state index in [1.807, 2.05) is 30.3 Å². The molecule has 7 heteroatoms. The number of ether oxygens (including phenoxy) is 1. The lowest BCUT2D eigenvalue weighted by atomic mass is 10.2. The minimum absolute atomic E-state index is 0. The highest BCUT2D eigenvalue weighted by molar-refractivity contribution is 5.90. The van der Waals surface area contributed by atoms with Gasteiger partial charge in [0.1, 0.15) is 5.69 Å². The molecule has 0 saturated carbocycles. The highest BCUT2D eigenvalue weighted by Gasteiger charge is 2.13. The number of rotatable bonds is 7. The van der Waals surface area contributed by atoms with Crippen LogP contribution in [-0.2, 0) is 16.1 Å². The molecule has 1 amide bonds. The van der Waals surface area contributed by atoms with E-state index in [1.165, 1.54) is 7.11 Å². The van der Waals surface area contributed by atoms with Gasteiger partial charge < -0.3 is 20.4 Å². The first-order valence-corrected chi connectivity index (χ1v) is 7.40. The average Bonchev–Trinajstić information content (AvgIpc) is 2.57. The van der Waals surface area contributed by atoms with Crippen LogP contribution in [0.1, 0.15) is 12.0 Å². The van der Waals surface area contributed by atoms with Gasteiger partial charge in [-0.15, -0.1) is 12.4 Å². The number of carbonyl (C=O) groups excluding carboxylic acids is 1. The molecule has 3 N–H and O–H groups in total. The first kappa shape index (κ1) is 19.9. The summed E-state index contributed by atoms with van der Waals surface area (Å²) in [6.45, 7) is 0.698. The summed E-state index contributed by atoms with van der Waals surface area (Å²) in [5, 5.41) is 2.63. The Morgan fingerprint density at radius 1 is 1.25 bits per heavy atom. The number of nitrogens with zero attached hydrogens (tertiary/aromatic N) is 1. The third kappa shape index (κ3) is 5.49. The number of nitrogens with one attached hydrogen (secondary N) is 1. The standard InChI is InChI=1S/C17H21N3O3.ClH/c1-23-14(11-18)10-16(21)19-15-8-5-9-20(17(15)22)12-13-6-3-2-4-7-13;/h2-9,14H,10-12,18H2,1H3,(H,19,21);1H. The number of amides is 1. The van der Waals surface area contributed by atoms with Crippen molar-refractivity contribution in [3.8, 4) is 0 Å². The summed E-state index contributed by atoms with van der Waals surface area (Å²) in [6, 6.07) is 13.0. The van der Waals surface area contributed by atoms with Gasteiger partial charge in [-0.3, -0.25) is 9.59 Å². The molecule has 130 valence electrons. The maximum Gasteiger partial charge on any atom is 0.274 e. The molecule has 1 unspecified atom stereocenters. The number of anilines is 1. The third-order valence-corrected chi connectivity index (χ3v) is 3.50. The smallest absolute Gasteiger partial charge is 0.274 e. The second kappa shape index (κ2) is 9.87. The third-order valence-electron chi connectivity index (χ3n) is 3.50. The predicted molar refractivity (Wildman–Crippen MR) is 96.6 cm³/mol. The molecule has 1 aromatic carbocycles. The Morgan fingerprint density at radius 3 is 2.58 bits per heavy atom. The lowest BCUT2D eigenvalue weighted by Gasteiger charge is -2.13. The molecule has 0 saturated heterocycles. The number of hydrogen-bond donors (Lipinski definition) is 2. The van der Waals surface area contributed by atoms with E-state index in [9.17, 15) is 9.59 Å². The fourth-order valence-electron chi connectivity index (χ4n) is 2.21. The van der Waals surface area contributed by atoms with Crippen LogP contribution < -0.4 is 16.6 Å². The topological polar surface area (TPSA) is 86.3 Å². The molecule has 0 fully saturated rings.